The molecule has 8 heteroatoms. The Bertz CT molecular complexity index is 573. The van der Waals surface area contributed by atoms with Gasteiger partial charge in [0, 0.05) is 22.4 Å². The fourth-order valence-corrected chi connectivity index (χ4v) is 3.26. The summed E-state index contributed by atoms with van der Waals surface area (Å²) in [5.41, 5.74) is 0. The molecule has 0 aromatic carbocycles. The average molecular weight is 377 g/mol. The topological polar surface area (TPSA) is 53.9 Å². The molecule has 2 heterocycles. The van der Waals surface area contributed by atoms with Crippen LogP contribution in [0.2, 0.25) is 5.28 Å². The summed E-state index contributed by atoms with van der Waals surface area (Å²) < 4.78 is 1.08. The zero-order valence-electron chi connectivity index (χ0n) is 11.2. The molecule has 0 radical (unpaired) electrons. The smallest absolute Gasteiger partial charge is 0.231 e. The van der Waals surface area contributed by atoms with Crippen LogP contribution in [0.15, 0.2) is 15.9 Å². The van der Waals surface area contributed by atoms with Crippen LogP contribution < -0.4 is 10.2 Å². The lowest BCUT2D eigenvalue weighted by molar-refractivity contribution is 0.811. The Morgan fingerprint density at radius 2 is 2.05 bits per heavy atom. The van der Waals surface area contributed by atoms with Gasteiger partial charge >= 0.3 is 0 Å². The Morgan fingerprint density at radius 1 is 1.30 bits per heavy atom. The molecule has 108 valence electrons. The Morgan fingerprint density at radius 3 is 2.65 bits per heavy atom. The van der Waals surface area contributed by atoms with E-state index in [4.69, 9.17) is 11.6 Å². The third-order valence-corrected chi connectivity index (χ3v) is 4.84. The number of halogens is 2. The number of hydrogen-bond acceptors (Lipinski definition) is 6. The van der Waals surface area contributed by atoms with E-state index in [9.17, 15) is 0 Å². The van der Waals surface area contributed by atoms with Crippen LogP contribution in [0.25, 0.3) is 0 Å². The van der Waals surface area contributed by atoms with Gasteiger partial charge in [-0.3, -0.25) is 0 Å². The summed E-state index contributed by atoms with van der Waals surface area (Å²) in [5.74, 6) is 1.09. The van der Waals surface area contributed by atoms with E-state index in [1.165, 1.54) is 4.88 Å². The highest BCUT2D eigenvalue weighted by Crippen LogP contribution is 2.23. The van der Waals surface area contributed by atoms with Crippen LogP contribution in [-0.4, -0.2) is 28.0 Å². The van der Waals surface area contributed by atoms with E-state index in [-0.39, 0.29) is 5.28 Å². The van der Waals surface area contributed by atoms with Crippen molar-refractivity contribution in [1.82, 2.24) is 15.0 Å². The summed E-state index contributed by atoms with van der Waals surface area (Å²) in [7, 11) is 0. The summed E-state index contributed by atoms with van der Waals surface area (Å²) >= 11 is 11.1. The molecule has 0 aliphatic rings. The van der Waals surface area contributed by atoms with Crippen LogP contribution in [0.4, 0.5) is 11.9 Å². The second-order valence-electron chi connectivity index (χ2n) is 3.95. The summed E-state index contributed by atoms with van der Waals surface area (Å²) in [4.78, 5) is 15.9. The molecule has 0 saturated heterocycles. The van der Waals surface area contributed by atoms with E-state index in [1.54, 1.807) is 11.3 Å². The molecule has 0 fully saturated rings. The zero-order valence-corrected chi connectivity index (χ0v) is 14.4. The van der Waals surface area contributed by atoms with Crippen LogP contribution in [0.3, 0.4) is 0 Å². The number of nitrogens with zero attached hydrogens (tertiary/aromatic N) is 4. The van der Waals surface area contributed by atoms with Gasteiger partial charge in [0.25, 0.3) is 0 Å². The van der Waals surface area contributed by atoms with Gasteiger partial charge < -0.3 is 10.2 Å². The van der Waals surface area contributed by atoms with Crippen LogP contribution >= 0.6 is 38.9 Å². The lowest BCUT2D eigenvalue weighted by atomic mass is 10.5. The quantitative estimate of drug-likeness (QED) is 0.831. The number of nitrogens with one attached hydrogen (secondary N) is 1. The van der Waals surface area contributed by atoms with E-state index in [1.807, 2.05) is 16.3 Å². The van der Waals surface area contributed by atoms with Gasteiger partial charge in [0.1, 0.15) is 0 Å². The first-order chi connectivity index (χ1) is 9.63. The van der Waals surface area contributed by atoms with Crippen molar-refractivity contribution in [2.24, 2.45) is 0 Å². The van der Waals surface area contributed by atoms with Gasteiger partial charge in [0.15, 0.2) is 0 Å². The van der Waals surface area contributed by atoms with E-state index < -0.39 is 0 Å². The first kappa shape index (κ1) is 15.5. The molecule has 2 rings (SSSR count). The Balaban J connectivity index is 2.13. The average Bonchev–Trinajstić information content (AvgIpc) is 2.83. The monoisotopic (exact) mass is 375 g/mol. The Kier molecular flexibility index (Phi) is 5.56. The lowest BCUT2D eigenvalue weighted by Gasteiger charge is -2.18. The molecule has 2 aromatic rings. The Labute approximate surface area is 135 Å². The van der Waals surface area contributed by atoms with Gasteiger partial charge in [-0.2, -0.15) is 15.0 Å². The molecular formula is C12H15BrClN5S. The molecule has 0 aliphatic carbocycles. The normalized spacial score (nSPS) is 10.6. The molecule has 1 N–H and O–H groups in total. The van der Waals surface area contributed by atoms with Gasteiger partial charge in [-0.25, -0.2) is 0 Å². The SMILES string of the molecule is CCN(CC)c1nc(Cl)nc(NCc2sccc2Br)n1. The number of thiophene rings is 1. The highest BCUT2D eigenvalue weighted by atomic mass is 79.9. The van der Waals surface area contributed by atoms with Crippen LogP contribution in [0, 0.1) is 0 Å². The molecule has 20 heavy (non-hydrogen) atoms. The zero-order chi connectivity index (χ0) is 14.5. The molecule has 0 spiro atoms. The molecule has 0 bridgehead atoms. The van der Waals surface area contributed by atoms with Gasteiger partial charge in [-0.05, 0) is 52.8 Å². The van der Waals surface area contributed by atoms with Crippen molar-refractivity contribution in [2.45, 2.75) is 20.4 Å². The molecule has 0 unspecified atom stereocenters. The predicted octanol–water partition coefficient (Wildman–Crippen LogP) is 3.81. The summed E-state index contributed by atoms with van der Waals surface area (Å²) in [6.45, 7) is 6.41. The first-order valence-corrected chi connectivity index (χ1v) is 8.31. The number of hydrogen-bond donors (Lipinski definition) is 1. The van der Waals surface area contributed by atoms with Crippen molar-refractivity contribution in [3.63, 3.8) is 0 Å². The van der Waals surface area contributed by atoms with Crippen LogP contribution in [-0.2, 0) is 6.54 Å². The summed E-state index contributed by atoms with van der Waals surface area (Å²) in [6.07, 6.45) is 0. The maximum Gasteiger partial charge on any atom is 0.231 e. The second-order valence-corrected chi connectivity index (χ2v) is 6.14. The lowest BCUT2D eigenvalue weighted by Crippen LogP contribution is -2.25. The predicted molar refractivity (Wildman–Crippen MR) is 87.7 cm³/mol. The minimum Gasteiger partial charge on any atom is -0.349 e. The van der Waals surface area contributed by atoms with Crippen LogP contribution in [0.1, 0.15) is 18.7 Å². The van der Waals surface area contributed by atoms with E-state index in [2.05, 4.69) is 50.0 Å². The van der Waals surface area contributed by atoms with Crippen molar-refractivity contribution in [3.05, 3.63) is 26.1 Å². The van der Waals surface area contributed by atoms with Crippen molar-refractivity contribution in [3.8, 4) is 0 Å². The number of aromatic nitrogens is 3. The maximum atomic E-state index is 5.96. The fraction of sp³-hybridized carbons (Fsp3) is 0.417. The van der Waals surface area contributed by atoms with Crippen LogP contribution in [0.5, 0.6) is 0 Å². The Hall–Kier alpha value is -0.920. The highest BCUT2D eigenvalue weighted by Gasteiger charge is 2.10. The molecular weight excluding hydrogens is 362 g/mol. The molecule has 0 saturated carbocycles. The molecule has 0 amide bonds. The third-order valence-electron chi connectivity index (χ3n) is 2.74. The number of anilines is 2. The standard InChI is InChI=1S/C12H15BrClN5S/c1-3-19(4-2)12-17-10(14)16-11(18-12)15-7-9-8(13)5-6-20-9/h5-6H,3-4,7H2,1-2H3,(H,15,16,17,18). The van der Waals surface area contributed by atoms with Gasteiger partial charge in [-0.15, -0.1) is 11.3 Å². The number of rotatable bonds is 6. The minimum absolute atomic E-state index is 0.203. The van der Waals surface area contributed by atoms with Gasteiger partial charge in [-0.1, -0.05) is 0 Å². The largest absolute Gasteiger partial charge is 0.349 e. The highest BCUT2D eigenvalue weighted by molar-refractivity contribution is 9.10. The van der Waals surface area contributed by atoms with Crippen molar-refractivity contribution < 1.29 is 0 Å². The van der Waals surface area contributed by atoms with E-state index >= 15 is 0 Å². The second kappa shape index (κ2) is 7.19. The summed E-state index contributed by atoms with van der Waals surface area (Å²) in [5, 5.41) is 5.41. The molecule has 5 nitrogen and oxygen atoms in total. The van der Waals surface area contributed by atoms with Crippen molar-refractivity contribution in [1.29, 1.82) is 0 Å². The molecule has 2 aromatic heterocycles. The van der Waals surface area contributed by atoms with Crippen molar-refractivity contribution >= 4 is 50.8 Å². The van der Waals surface area contributed by atoms with Crippen molar-refractivity contribution in [2.75, 3.05) is 23.3 Å². The van der Waals surface area contributed by atoms with E-state index in [0.29, 0.717) is 18.4 Å². The first-order valence-electron chi connectivity index (χ1n) is 6.26. The van der Waals surface area contributed by atoms with Gasteiger partial charge in [0.2, 0.25) is 17.2 Å². The fourth-order valence-electron chi connectivity index (χ4n) is 1.68. The third kappa shape index (κ3) is 3.80. The maximum absolute atomic E-state index is 5.96. The van der Waals surface area contributed by atoms with Gasteiger partial charge in [0.05, 0.1) is 6.54 Å². The molecule has 0 atom stereocenters. The van der Waals surface area contributed by atoms with E-state index in [0.717, 1.165) is 17.6 Å². The summed E-state index contributed by atoms with van der Waals surface area (Å²) in [6, 6.07) is 2.02. The molecule has 0 aliphatic heterocycles. The minimum atomic E-state index is 0.203.